The Morgan fingerprint density at radius 1 is 0.926 bits per heavy atom. The van der Waals surface area contributed by atoms with E-state index in [1.54, 1.807) is 0 Å². The monoisotopic (exact) mass is 418 g/mol. The van der Waals surface area contributed by atoms with Crippen LogP contribution in [0.15, 0.2) is 48.5 Å². The minimum Gasteiger partial charge on any atom is -0.344 e. The van der Waals surface area contributed by atoms with Crippen LogP contribution < -0.4 is 4.90 Å². The maximum Gasteiger partial charge on any atom is 0.205 e. The van der Waals surface area contributed by atoms with Crippen molar-refractivity contribution in [3.8, 4) is 11.4 Å². The van der Waals surface area contributed by atoms with Gasteiger partial charge in [0, 0.05) is 59.9 Å². The predicted octanol–water partition coefficient (Wildman–Crippen LogP) is 4.88. The molecule has 0 amide bonds. The third-order valence-electron chi connectivity index (χ3n) is 4.77. The van der Waals surface area contributed by atoms with E-state index in [9.17, 15) is 0 Å². The molecule has 1 aromatic heterocycles. The van der Waals surface area contributed by atoms with E-state index in [1.807, 2.05) is 36.4 Å². The Labute approximate surface area is 173 Å². The molecule has 1 fully saturated rings. The molecular weight excluding hydrogens is 399 g/mol. The Bertz CT molecular complexity index is 889. The highest BCUT2D eigenvalue weighted by Gasteiger charge is 2.20. The quantitative estimate of drug-likeness (QED) is 0.590. The van der Waals surface area contributed by atoms with Crippen LogP contribution in [0.25, 0.3) is 11.4 Å². The molecule has 0 atom stereocenters. The van der Waals surface area contributed by atoms with Crippen molar-refractivity contribution in [1.82, 2.24) is 14.3 Å². The molecule has 3 aromatic rings. The third kappa shape index (κ3) is 4.79. The van der Waals surface area contributed by atoms with E-state index in [4.69, 9.17) is 28.2 Å². The maximum absolute atomic E-state index is 6.07. The number of nitrogens with zero attached hydrogens (tertiary/aromatic N) is 4. The van der Waals surface area contributed by atoms with Crippen LogP contribution in [0.5, 0.6) is 0 Å². The van der Waals surface area contributed by atoms with Crippen LogP contribution in [-0.2, 0) is 6.42 Å². The molecule has 1 saturated heterocycles. The first-order valence-corrected chi connectivity index (χ1v) is 10.5. The molecule has 7 heteroatoms. The average Bonchev–Trinajstić information content (AvgIpc) is 3.18. The minimum absolute atomic E-state index is 0.725. The number of hydrogen-bond acceptors (Lipinski definition) is 5. The Balaban J connectivity index is 1.31. The lowest BCUT2D eigenvalue weighted by molar-refractivity contribution is 0.261. The van der Waals surface area contributed by atoms with E-state index in [2.05, 4.69) is 26.3 Å². The molecule has 2 heterocycles. The van der Waals surface area contributed by atoms with Gasteiger partial charge in [-0.05, 0) is 48.4 Å². The summed E-state index contributed by atoms with van der Waals surface area (Å²) in [5.41, 5.74) is 2.30. The van der Waals surface area contributed by atoms with Crippen molar-refractivity contribution in [3.63, 3.8) is 0 Å². The smallest absolute Gasteiger partial charge is 0.205 e. The zero-order valence-electron chi connectivity index (χ0n) is 14.8. The van der Waals surface area contributed by atoms with Gasteiger partial charge in [-0.2, -0.15) is 9.36 Å². The molecule has 0 bridgehead atoms. The fraction of sp³-hybridized carbons (Fsp3) is 0.300. The molecule has 27 heavy (non-hydrogen) atoms. The van der Waals surface area contributed by atoms with Crippen LogP contribution in [0.4, 0.5) is 5.13 Å². The molecule has 0 radical (unpaired) electrons. The van der Waals surface area contributed by atoms with E-state index in [1.165, 1.54) is 17.1 Å². The van der Waals surface area contributed by atoms with Gasteiger partial charge in [-0.1, -0.05) is 35.3 Å². The molecule has 0 N–H and O–H groups in total. The number of halogens is 2. The zero-order chi connectivity index (χ0) is 18.6. The first-order valence-electron chi connectivity index (χ1n) is 8.99. The summed E-state index contributed by atoms with van der Waals surface area (Å²) in [6, 6.07) is 15.8. The molecule has 2 aromatic carbocycles. The molecule has 4 rings (SSSR count). The second-order valence-corrected chi connectivity index (χ2v) is 8.22. The summed E-state index contributed by atoms with van der Waals surface area (Å²) >= 11 is 13.5. The standard InChI is InChI=1S/C20H20Cl2N4S/c21-17-6-4-16(5-7-17)19-23-20(27-24-19)26-12-10-25(11-13-26)9-8-15-2-1-3-18(22)14-15/h1-7,14H,8-13H2. The summed E-state index contributed by atoms with van der Waals surface area (Å²) in [5, 5.41) is 2.53. The van der Waals surface area contributed by atoms with Gasteiger partial charge >= 0.3 is 0 Å². The average molecular weight is 419 g/mol. The number of aromatic nitrogens is 2. The van der Waals surface area contributed by atoms with Crippen molar-refractivity contribution in [1.29, 1.82) is 0 Å². The second kappa shape index (κ2) is 8.57. The molecule has 4 nitrogen and oxygen atoms in total. The second-order valence-electron chi connectivity index (χ2n) is 6.62. The summed E-state index contributed by atoms with van der Waals surface area (Å²) in [7, 11) is 0. The van der Waals surface area contributed by atoms with Crippen LogP contribution >= 0.6 is 34.7 Å². The molecule has 1 aliphatic rings. The van der Waals surface area contributed by atoms with Gasteiger partial charge in [0.1, 0.15) is 0 Å². The summed E-state index contributed by atoms with van der Waals surface area (Å²) in [6.45, 7) is 5.09. The summed E-state index contributed by atoms with van der Waals surface area (Å²) in [6.07, 6.45) is 1.03. The van der Waals surface area contributed by atoms with Crippen LogP contribution in [0, 0.1) is 0 Å². The van der Waals surface area contributed by atoms with Gasteiger partial charge in [-0.25, -0.2) is 0 Å². The topological polar surface area (TPSA) is 32.3 Å². The lowest BCUT2D eigenvalue weighted by Crippen LogP contribution is -2.47. The van der Waals surface area contributed by atoms with E-state index in [-0.39, 0.29) is 0 Å². The van der Waals surface area contributed by atoms with E-state index in [0.29, 0.717) is 0 Å². The van der Waals surface area contributed by atoms with Crippen molar-refractivity contribution in [2.24, 2.45) is 0 Å². The SMILES string of the molecule is Clc1ccc(-c2nsc(N3CCN(CCc4cccc(Cl)c4)CC3)n2)cc1. The van der Waals surface area contributed by atoms with E-state index >= 15 is 0 Å². The van der Waals surface area contributed by atoms with E-state index in [0.717, 1.165) is 65.7 Å². The van der Waals surface area contributed by atoms with Gasteiger partial charge in [0.05, 0.1) is 0 Å². The number of rotatable bonds is 5. The lowest BCUT2D eigenvalue weighted by Gasteiger charge is -2.34. The molecular formula is C20H20Cl2N4S. The van der Waals surface area contributed by atoms with Crippen molar-refractivity contribution in [3.05, 3.63) is 64.1 Å². The van der Waals surface area contributed by atoms with Crippen LogP contribution in [0.3, 0.4) is 0 Å². The van der Waals surface area contributed by atoms with Gasteiger partial charge in [-0.3, -0.25) is 4.90 Å². The Morgan fingerprint density at radius 3 is 2.44 bits per heavy atom. The maximum atomic E-state index is 6.07. The van der Waals surface area contributed by atoms with Crippen LogP contribution in [0.2, 0.25) is 10.0 Å². The highest BCUT2D eigenvalue weighted by Crippen LogP contribution is 2.25. The third-order valence-corrected chi connectivity index (χ3v) is 6.03. The minimum atomic E-state index is 0.725. The Hall–Kier alpha value is -1.66. The van der Waals surface area contributed by atoms with Crippen molar-refractivity contribution < 1.29 is 0 Å². The first kappa shape index (κ1) is 18.7. The lowest BCUT2D eigenvalue weighted by atomic mass is 10.1. The number of hydrogen-bond donors (Lipinski definition) is 0. The largest absolute Gasteiger partial charge is 0.344 e. The van der Waals surface area contributed by atoms with Gasteiger partial charge in [0.2, 0.25) is 5.13 Å². The summed E-state index contributed by atoms with van der Waals surface area (Å²) < 4.78 is 4.51. The fourth-order valence-corrected chi connectivity index (χ4v) is 4.28. The molecule has 1 aliphatic heterocycles. The van der Waals surface area contributed by atoms with Gasteiger partial charge < -0.3 is 4.90 Å². The van der Waals surface area contributed by atoms with Crippen molar-refractivity contribution in [2.45, 2.75) is 6.42 Å². The number of anilines is 1. The molecule has 0 saturated carbocycles. The Morgan fingerprint density at radius 2 is 1.70 bits per heavy atom. The van der Waals surface area contributed by atoms with Gasteiger partial charge in [-0.15, -0.1) is 0 Å². The summed E-state index contributed by atoms with van der Waals surface area (Å²) in [4.78, 5) is 9.54. The van der Waals surface area contributed by atoms with Crippen molar-refractivity contribution >= 4 is 39.9 Å². The highest BCUT2D eigenvalue weighted by molar-refractivity contribution is 7.09. The van der Waals surface area contributed by atoms with Crippen LogP contribution in [0.1, 0.15) is 5.56 Å². The first-order chi connectivity index (χ1) is 13.2. The molecule has 0 aliphatic carbocycles. The summed E-state index contributed by atoms with van der Waals surface area (Å²) in [5.74, 6) is 0.773. The number of piperazine rings is 1. The molecule has 140 valence electrons. The normalized spacial score (nSPS) is 15.3. The fourth-order valence-electron chi connectivity index (χ4n) is 3.20. The van der Waals surface area contributed by atoms with Gasteiger partial charge in [0.25, 0.3) is 0 Å². The van der Waals surface area contributed by atoms with Crippen LogP contribution in [-0.4, -0.2) is 47.0 Å². The predicted molar refractivity (Wildman–Crippen MR) is 114 cm³/mol. The van der Waals surface area contributed by atoms with Gasteiger partial charge in [0.15, 0.2) is 5.82 Å². The number of benzene rings is 2. The zero-order valence-corrected chi connectivity index (χ0v) is 17.1. The molecule has 0 spiro atoms. The van der Waals surface area contributed by atoms with Crippen molar-refractivity contribution in [2.75, 3.05) is 37.6 Å². The molecule has 0 unspecified atom stereocenters. The Kier molecular flexibility index (Phi) is 5.93. The van der Waals surface area contributed by atoms with E-state index < -0.39 is 0 Å². The highest BCUT2D eigenvalue weighted by atomic mass is 35.5.